The molecule has 4 aromatic rings. The van der Waals surface area contributed by atoms with Gasteiger partial charge >= 0.3 is 0 Å². The molecule has 0 bridgehead atoms. The average molecular weight is 360 g/mol. The summed E-state index contributed by atoms with van der Waals surface area (Å²) in [4.78, 5) is 4.55. The van der Waals surface area contributed by atoms with E-state index in [2.05, 4.69) is 15.2 Å². The number of thioether (sulfide) groups is 1. The lowest BCUT2D eigenvalue weighted by Crippen LogP contribution is -1.96. The molecule has 126 valence electrons. The van der Waals surface area contributed by atoms with E-state index in [9.17, 15) is 13.9 Å². The van der Waals surface area contributed by atoms with Crippen LogP contribution in [0.15, 0.2) is 52.0 Å². The molecule has 0 aliphatic carbocycles. The predicted molar refractivity (Wildman–Crippen MR) is 86.1 cm³/mol. The maximum Gasteiger partial charge on any atom is 0.215 e. The van der Waals surface area contributed by atoms with Crippen LogP contribution < -0.4 is 0 Å². The van der Waals surface area contributed by atoms with Gasteiger partial charge in [-0.2, -0.15) is 9.61 Å². The zero-order valence-corrected chi connectivity index (χ0v) is 13.4. The van der Waals surface area contributed by atoms with Gasteiger partial charge in [0.2, 0.25) is 5.88 Å². The van der Waals surface area contributed by atoms with Crippen molar-refractivity contribution >= 4 is 17.4 Å². The van der Waals surface area contributed by atoms with Crippen molar-refractivity contribution in [2.45, 2.75) is 10.6 Å². The summed E-state index contributed by atoms with van der Waals surface area (Å²) >= 11 is 1.09. The molecule has 0 spiro atoms. The topological polar surface area (TPSA) is 76.5 Å². The Morgan fingerprint density at radius 2 is 2.08 bits per heavy atom. The quantitative estimate of drug-likeness (QED) is 0.560. The summed E-state index contributed by atoms with van der Waals surface area (Å²) in [5.41, 5.74) is 1.38. The summed E-state index contributed by atoms with van der Waals surface area (Å²) in [6, 6.07) is 8.69. The molecule has 0 saturated carbocycles. The van der Waals surface area contributed by atoms with Gasteiger partial charge in [-0.05, 0) is 12.1 Å². The summed E-state index contributed by atoms with van der Waals surface area (Å²) in [7, 11) is 0. The number of benzene rings is 1. The second kappa shape index (κ2) is 6.17. The Kier molecular flexibility index (Phi) is 3.85. The maximum absolute atomic E-state index is 13.7. The molecular formula is C16H10F2N4O2S. The van der Waals surface area contributed by atoms with Crippen molar-refractivity contribution in [3.05, 3.63) is 59.9 Å². The van der Waals surface area contributed by atoms with Crippen LogP contribution >= 0.6 is 11.8 Å². The lowest BCUT2D eigenvalue weighted by Gasteiger charge is -2.05. The van der Waals surface area contributed by atoms with Crippen molar-refractivity contribution < 1.29 is 18.4 Å². The number of rotatable bonds is 4. The van der Waals surface area contributed by atoms with Crippen molar-refractivity contribution in [1.82, 2.24) is 19.8 Å². The molecule has 4 rings (SSSR count). The van der Waals surface area contributed by atoms with Crippen molar-refractivity contribution in [1.29, 1.82) is 0 Å². The Morgan fingerprint density at radius 1 is 1.20 bits per heavy atom. The molecule has 0 aliphatic rings. The molecule has 9 heteroatoms. The van der Waals surface area contributed by atoms with E-state index in [1.807, 2.05) is 0 Å². The van der Waals surface area contributed by atoms with Gasteiger partial charge < -0.3 is 9.63 Å². The summed E-state index contributed by atoms with van der Waals surface area (Å²) in [5, 5.41) is 17.9. The number of halogens is 2. The molecule has 1 aromatic carbocycles. The van der Waals surface area contributed by atoms with Crippen molar-refractivity contribution in [3.8, 4) is 17.3 Å². The van der Waals surface area contributed by atoms with Gasteiger partial charge in [-0.15, -0.1) is 11.8 Å². The fourth-order valence-corrected chi connectivity index (χ4v) is 3.15. The molecule has 1 N–H and O–H groups in total. The Labute approximate surface area is 144 Å². The normalized spacial score (nSPS) is 11.3. The third-order valence-corrected chi connectivity index (χ3v) is 4.51. The number of aromatic nitrogens is 4. The first kappa shape index (κ1) is 15.6. The van der Waals surface area contributed by atoms with Crippen LogP contribution in [0, 0.1) is 11.6 Å². The minimum atomic E-state index is -0.899. The van der Waals surface area contributed by atoms with E-state index in [4.69, 9.17) is 4.52 Å². The summed E-state index contributed by atoms with van der Waals surface area (Å²) in [6.45, 7) is 0. The highest BCUT2D eigenvalue weighted by atomic mass is 32.2. The molecule has 0 amide bonds. The second-order valence-corrected chi connectivity index (χ2v) is 6.14. The Bertz CT molecular complexity index is 1050. The van der Waals surface area contributed by atoms with E-state index >= 15 is 0 Å². The lowest BCUT2D eigenvalue weighted by molar-refractivity contribution is 0.426. The van der Waals surface area contributed by atoms with Gasteiger partial charge in [0.1, 0.15) is 5.69 Å². The molecular weight excluding hydrogens is 350 g/mol. The van der Waals surface area contributed by atoms with Crippen LogP contribution in [0.2, 0.25) is 0 Å². The largest absolute Gasteiger partial charge is 0.493 e. The van der Waals surface area contributed by atoms with E-state index in [1.54, 1.807) is 12.1 Å². The molecule has 0 aliphatic heterocycles. The van der Waals surface area contributed by atoms with Gasteiger partial charge in [-0.25, -0.2) is 13.8 Å². The zero-order chi connectivity index (χ0) is 17.4. The van der Waals surface area contributed by atoms with E-state index in [0.29, 0.717) is 22.8 Å². The summed E-state index contributed by atoms with van der Waals surface area (Å²) < 4.78 is 33.2. The van der Waals surface area contributed by atoms with E-state index < -0.39 is 11.6 Å². The first-order valence-electron chi connectivity index (χ1n) is 7.18. The van der Waals surface area contributed by atoms with Gasteiger partial charge in [0.15, 0.2) is 23.0 Å². The van der Waals surface area contributed by atoms with Gasteiger partial charge in [0.05, 0.1) is 11.9 Å². The molecule has 6 nitrogen and oxygen atoms in total. The van der Waals surface area contributed by atoms with Crippen LogP contribution in [0.25, 0.3) is 17.1 Å². The number of aromatic hydroxyl groups is 1. The Morgan fingerprint density at radius 3 is 2.88 bits per heavy atom. The highest BCUT2D eigenvalue weighted by Gasteiger charge is 2.14. The highest BCUT2D eigenvalue weighted by molar-refractivity contribution is 7.98. The van der Waals surface area contributed by atoms with Crippen molar-refractivity contribution in [2.24, 2.45) is 0 Å². The minimum Gasteiger partial charge on any atom is -0.493 e. The number of fused-ring (bicyclic) bond motifs is 1. The molecule has 25 heavy (non-hydrogen) atoms. The molecule has 3 aromatic heterocycles. The average Bonchev–Trinajstić information content (AvgIpc) is 3.25. The fourth-order valence-electron chi connectivity index (χ4n) is 2.30. The number of nitrogens with zero attached hydrogens (tertiary/aromatic N) is 4. The van der Waals surface area contributed by atoms with Crippen LogP contribution in [0.3, 0.4) is 0 Å². The monoisotopic (exact) mass is 360 g/mol. The van der Waals surface area contributed by atoms with Gasteiger partial charge in [0, 0.05) is 28.8 Å². The highest BCUT2D eigenvalue weighted by Crippen LogP contribution is 2.28. The van der Waals surface area contributed by atoms with Crippen LogP contribution in [-0.4, -0.2) is 24.9 Å². The standard InChI is InChI=1S/C16H10F2N4O2S/c17-10-2-1-3-13(16(10)18)25-8-9-6-15(23)22-14(20-9)7-11(21-22)12-4-5-19-24-12/h1-7,23H,8H2. The Balaban J connectivity index is 1.63. The van der Waals surface area contributed by atoms with Gasteiger partial charge in [-0.1, -0.05) is 11.2 Å². The van der Waals surface area contributed by atoms with Crippen molar-refractivity contribution in [2.75, 3.05) is 0 Å². The third-order valence-electron chi connectivity index (χ3n) is 3.44. The van der Waals surface area contributed by atoms with E-state index in [-0.39, 0.29) is 16.5 Å². The summed E-state index contributed by atoms with van der Waals surface area (Å²) in [5.74, 6) is -1.21. The van der Waals surface area contributed by atoms with E-state index in [1.165, 1.54) is 28.9 Å². The molecule has 0 radical (unpaired) electrons. The maximum atomic E-state index is 13.7. The molecule has 0 atom stereocenters. The molecule has 3 heterocycles. The SMILES string of the molecule is Oc1cc(CSc2cccc(F)c2F)nc2cc(-c3ccno3)nn12. The van der Waals surface area contributed by atoms with Crippen LogP contribution in [0.1, 0.15) is 5.69 Å². The van der Waals surface area contributed by atoms with Gasteiger partial charge in [0.25, 0.3) is 0 Å². The first-order valence-corrected chi connectivity index (χ1v) is 8.17. The minimum absolute atomic E-state index is 0.119. The van der Waals surface area contributed by atoms with E-state index in [0.717, 1.165) is 17.8 Å². The lowest BCUT2D eigenvalue weighted by atomic mass is 10.3. The summed E-state index contributed by atoms with van der Waals surface area (Å²) in [6.07, 6.45) is 1.49. The fraction of sp³-hybridized carbons (Fsp3) is 0.0625. The first-order chi connectivity index (χ1) is 12.1. The molecule has 0 unspecified atom stereocenters. The van der Waals surface area contributed by atoms with Crippen LogP contribution in [0.5, 0.6) is 5.88 Å². The zero-order valence-electron chi connectivity index (χ0n) is 12.6. The van der Waals surface area contributed by atoms with Crippen molar-refractivity contribution in [3.63, 3.8) is 0 Å². The smallest absolute Gasteiger partial charge is 0.215 e. The van der Waals surface area contributed by atoms with Gasteiger partial charge in [-0.3, -0.25) is 0 Å². The van der Waals surface area contributed by atoms with Crippen LogP contribution in [-0.2, 0) is 5.75 Å². The van der Waals surface area contributed by atoms with Crippen LogP contribution in [0.4, 0.5) is 8.78 Å². The molecule has 0 saturated heterocycles. The second-order valence-electron chi connectivity index (χ2n) is 5.12. The number of hydrogen-bond donors (Lipinski definition) is 1. The predicted octanol–water partition coefficient (Wildman–Crippen LogP) is 3.66. The molecule has 0 fully saturated rings. The number of hydrogen-bond acceptors (Lipinski definition) is 6. The third kappa shape index (κ3) is 2.93. The Hall–Kier alpha value is -2.94.